The van der Waals surface area contributed by atoms with E-state index in [0.717, 1.165) is 25.9 Å². The number of rotatable bonds is 6. The standard InChI is InChI=1S/C13H25N3/c1-13(6-10-16(2)11-7-13)12-15-9-5-3-4-8-14/h15H,3-7,9-12H2,1-2H3. The number of nitrogens with zero attached hydrogens (tertiary/aromatic N) is 2. The Morgan fingerprint density at radius 1 is 1.31 bits per heavy atom. The predicted molar refractivity (Wildman–Crippen MR) is 67.2 cm³/mol. The topological polar surface area (TPSA) is 39.1 Å². The second-order valence-electron chi connectivity index (χ2n) is 5.41. The first-order chi connectivity index (χ1) is 7.66. The molecule has 3 heteroatoms. The first kappa shape index (κ1) is 13.5. The van der Waals surface area contributed by atoms with E-state index < -0.39 is 0 Å². The molecule has 0 amide bonds. The first-order valence-corrected chi connectivity index (χ1v) is 6.42. The Morgan fingerprint density at radius 3 is 2.62 bits per heavy atom. The van der Waals surface area contributed by atoms with Crippen molar-refractivity contribution >= 4 is 0 Å². The molecule has 0 saturated carbocycles. The molecule has 1 fully saturated rings. The molecule has 1 saturated heterocycles. The Hall–Kier alpha value is -0.590. The molecule has 1 rings (SSSR count). The second-order valence-corrected chi connectivity index (χ2v) is 5.41. The minimum Gasteiger partial charge on any atom is -0.316 e. The lowest BCUT2D eigenvalue weighted by molar-refractivity contribution is 0.137. The molecule has 0 aliphatic carbocycles. The highest BCUT2D eigenvalue weighted by molar-refractivity contribution is 4.83. The number of nitrogens with one attached hydrogen (secondary N) is 1. The Balaban J connectivity index is 2.06. The van der Waals surface area contributed by atoms with Gasteiger partial charge in [0.15, 0.2) is 0 Å². The van der Waals surface area contributed by atoms with E-state index >= 15 is 0 Å². The van der Waals surface area contributed by atoms with E-state index in [1.807, 2.05) is 0 Å². The molecule has 0 bridgehead atoms. The molecule has 1 aliphatic rings. The summed E-state index contributed by atoms with van der Waals surface area (Å²) in [6, 6.07) is 2.19. The van der Waals surface area contributed by atoms with Crippen LogP contribution in [-0.4, -0.2) is 38.1 Å². The van der Waals surface area contributed by atoms with Gasteiger partial charge in [0.2, 0.25) is 0 Å². The van der Waals surface area contributed by atoms with Crippen LogP contribution >= 0.6 is 0 Å². The summed E-state index contributed by atoms with van der Waals surface area (Å²) in [5.74, 6) is 0. The average Bonchev–Trinajstić information content (AvgIpc) is 2.28. The third-order valence-corrected chi connectivity index (χ3v) is 3.64. The van der Waals surface area contributed by atoms with Crippen molar-refractivity contribution < 1.29 is 0 Å². The van der Waals surface area contributed by atoms with Gasteiger partial charge in [-0.25, -0.2) is 0 Å². The summed E-state index contributed by atoms with van der Waals surface area (Å²) < 4.78 is 0. The number of nitriles is 1. The van der Waals surface area contributed by atoms with Gasteiger partial charge >= 0.3 is 0 Å². The van der Waals surface area contributed by atoms with Crippen LogP contribution in [0.3, 0.4) is 0 Å². The summed E-state index contributed by atoms with van der Waals surface area (Å²) in [5.41, 5.74) is 0.488. The number of likely N-dealkylation sites (tertiary alicyclic amines) is 1. The Bertz CT molecular complexity index is 224. The minimum absolute atomic E-state index is 0.488. The fraction of sp³-hybridized carbons (Fsp3) is 0.923. The maximum absolute atomic E-state index is 8.42. The molecule has 16 heavy (non-hydrogen) atoms. The lowest BCUT2D eigenvalue weighted by Crippen LogP contribution is -2.42. The van der Waals surface area contributed by atoms with Crippen molar-refractivity contribution in [1.82, 2.24) is 10.2 Å². The Morgan fingerprint density at radius 2 is 2.00 bits per heavy atom. The molecular formula is C13H25N3. The van der Waals surface area contributed by atoms with Gasteiger partial charge in [0, 0.05) is 13.0 Å². The minimum atomic E-state index is 0.488. The van der Waals surface area contributed by atoms with Gasteiger partial charge in [-0.3, -0.25) is 0 Å². The summed E-state index contributed by atoms with van der Waals surface area (Å²) in [7, 11) is 2.20. The third-order valence-electron chi connectivity index (χ3n) is 3.64. The van der Waals surface area contributed by atoms with Crippen molar-refractivity contribution in [3.63, 3.8) is 0 Å². The van der Waals surface area contributed by atoms with Gasteiger partial charge < -0.3 is 10.2 Å². The van der Waals surface area contributed by atoms with Crippen molar-refractivity contribution in [2.75, 3.05) is 33.2 Å². The van der Waals surface area contributed by atoms with E-state index in [1.165, 1.54) is 25.9 Å². The average molecular weight is 223 g/mol. The molecular weight excluding hydrogens is 198 g/mol. The normalized spacial score (nSPS) is 20.6. The van der Waals surface area contributed by atoms with Crippen LogP contribution < -0.4 is 5.32 Å². The third kappa shape index (κ3) is 4.96. The molecule has 0 atom stereocenters. The Labute approximate surface area is 99.8 Å². The van der Waals surface area contributed by atoms with E-state index in [1.54, 1.807) is 0 Å². The van der Waals surface area contributed by atoms with Gasteiger partial charge in [0.1, 0.15) is 0 Å². The quantitative estimate of drug-likeness (QED) is 0.700. The summed E-state index contributed by atoms with van der Waals surface area (Å²) in [4.78, 5) is 2.41. The zero-order chi connectivity index (χ0) is 11.9. The Kier molecular flexibility index (Phi) is 5.79. The highest BCUT2D eigenvalue weighted by Gasteiger charge is 2.27. The summed E-state index contributed by atoms with van der Waals surface area (Å²) in [5, 5.41) is 12.0. The van der Waals surface area contributed by atoms with E-state index in [0.29, 0.717) is 11.8 Å². The maximum atomic E-state index is 8.42. The summed E-state index contributed by atoms with van der Waals surface area (Å²) in [6.07, 6.45) is 5.46. The number of unbranched alkanes of at least 4 members (excludes halogenated alkanes) is 2. The monoisotopic (exact) mass is 223 g/mol. The van der Waals surface area contributed by atoms with Gasteiger partial charge in [-0.15, -0.1) is 0 Å². The van der Waals surface area contributed by atoms with E-state index in [9.17, 15) is 0 Å². The largest absolute Gasteiger partial charge is 0.316 e. The fourth-order valence-corrected chi connectivity index (χ4v) is 2.18. The smallest absolute Gasteiger partial charge is 0.0621 e. The van der Waals surface area contributed by atoms with E-state index in [4.69, 9.17) is 5.26 Å². The van der Waals surface area contributed by atoms with Crippen LogP contribution in [0.2, 0.25) is 0 Å². The molecule has 0 unspecified atom stereocenters. The molecule has 3 nitrogen and oxygen atoms in total. The highest BCUT2D eigenvalue weighted by Crippen LogP contribution is 2.29. The van der Waals surface area contributed by atoms with Crippen molar-refractivity contribution in [2.24, 2.45) is 5.41 Å². The van der Waals surface area contributed by atoms with Crippen molar-refractivity contribution in [2.45, 2.75) is 39.0 Å². The van der Waals surface area contributed by atoms with Crippen LogP contribution in [0.15, 0.2) is 0 Å². The van der Waals surface area contributed by atoms with Gasteiger partial charge in [-0.05, 0) is 57.8 Å². The van der Waals surface area contributed by atoms with Gasteiger partial charge in [0.25, 0.3) is 0 Å². The zero-order valence-corrected chi connectivity index (χ0v) is 10.8. The molecule has 1 heterocycles. The van der Waals surface area contributed by atoms with E-state index in [-0.39, 0.29) is 0 Å². The zero-order valence-electron chi connectivity index (χ0n) is 10.8. The molecule has 0 radical (unpaired) electrons. The number of hydrogen-bond donors (Lipinski definition) is 1. The molecule has 0 aromatic rings. The number of hydrogen-bond acceptors (Lipinski definition) is 3. The fourth-order valence-electron chi connectivity index (χ4n) is 2.18. The maximum Gasteiger partial charge on any atom is 0.0621 e. The van der Waals surface area contributed by atoms with Gasteiger partial charge in [0.05, 0.1) is 6.07 Å². The van der Waals surface area contributed by atoms with Crippen LogP contribution in [0.4, 0.5) is 0 Å². The van der Waals surface area contributed by atoms with Crippen LogP contribution in [0.1, 0.15) is 39.0 Å². The van der Waals surface area contributed by atoms with Crippen LogP contribution in [0.5, 0.6) is 0 Å². The van der Waals surface area contributed by atoms with Crippen LogP contribution in [-0.2, 0) is 0 Å². The van der Waals surface area contributed by atoms with Crippen molar-refractivity contribution in [3.05, 3.63) is 0 Å². The predicted octanol–water partition coefficient (Wildman–Crippen LogP) is 2.00. The molecule has 0 aromatic heterocycles. The molecule has 0 spiro atoms. The SMILES string of the molecule is CN1CCC(C)(CNCCCCC#N)CC1. The second kappa shape index (κ2) is 6.88. The molecule has 0 aromatic carbocycles. The number of piperidine rings is 1. The molecule has 92 valence electrons. The summed E-state index contributed by atoms with van der Waals surface area (Å²) in [6.45, 7) is 7.04. The van der Waals surface area contributed by atoms with Crippen molar-refractivity contribution in [1.29, 1.82) is 5.26 Å². The lowest BCUT2D eigenvalue weighted by Gasteiger charge is -2.38. The van der Waals surface area contributed by atoms with Gasteiger partial charge in [-0.1, -0.05) is 6.92 Å². The lowest BCUT2D eigenvalue weighted by atomic mass is 9.80. The summed E-state index contributed by atoms with van der Waals surface area (Å²) >= 11 is 0. The van der Waals surface area contributed by atoms with Crippen LogP contribution in [0.25, 0.3) is 0 Å². The van der Waals surface area contributed by atoms with Crippen molar-refractivity contribution in [3.8, 4) is 6.07 Å². The van der Waals surface area contributed by atoms with E-state index in [2.05, 4.69) is 30.3 Å². The van der Waals surface area contributed by atoms with Gasteiger partial charge in [-0.2, -0.15) is 5.26 Å². The molecule has 1 N–H and O–H groups in total. The molecule has 1 aliphatic heterocycles. The first-order valence-electron chi connectivity index (χ1n) is 6.42. The van der Waals surface area contributed by atoms with Crippen LogP contribution in [0, 0.1) is 16.7 Å². The highest BCUT2D eigenvalue weighted by atomic mass is 15.1.